The summed E-state index contributed by atoms with van der Waals surface area (Å²) in [4.78, 5) is 4.05. The molecule has 0 aromatic carbocycles. The van der Waals surface area contributed by atoms with Gasteiger partial charge in [0.1, 0.15) is 6.10 Å². The zero-order chi connectivity index (χ0) is 10.8. The molecule has 84 valence electrons. The molecule has 0 atom stereocenters. The number of ether oxygens (including phenoxy) is 1. The Kier molecular flexibility index (Phi) is 2.37. The molecule has 0 aliphatic carbocycles. The zero-order valence-corrected chi connectivity index (χ0v) is 8.70. The number of hydrogen-bond donors (Lipinski definition) is 1. The average molecular weight is 220 g/mol. The largest absolute Gasteiger partial charge is 0.473 e. The summed E-state index contributed by atoms with van der Waals surface area (Å²) in [5.74, 6) is 0.606. The highest BCUT2D eigenvalue weighted by molar-refractivity contribution is 5.34. The van der Waals surface area contributed by atoms with Crippen LogP contribution >= 0.6 is 0 Å². The van der Waals surface area contributed by atoms with E-state index in [-0.39, 0.29) is 6.10 Å². The fourth-order valence-electron chi connectivity index (χ4n) is 1.82. The molecule has 1 aliphatic heterocycles. The first-order chi connectivity index (χ1) is 7.93. The van der Waals surface area contributed by atoms with Gasteiger partial charge in [-0.05, 0) is 36.4 Å². The molecule has 0 radical (unpaired) electrons. The molecule has 0 saturated carbocycles. The third kappa shape index (κ3) is 1.69. The van der Waals surface area contributed by atoms with Gasteiger partial charge in [0.05, 0.1) is 12.4 Å². The molecule has 0 unspecified atom stereocenters. The smallest absolute Gasteiger partial charge is 0.237 e. The minimum atomic E-state index is 0.220. The van der Waals surface area contributed by atoms with E-state index in [9.17, 15) is 0 Å². The molecule has 3 rings (SSSR count). The van der Waals surface area contributed by atoms with E-state index in [2.05, 4.69) is 25.8 Å². The Morgan fingerprint density at radius 3 is 3.06 bits per heavy atom. The molecule has 0 amide bonds. The Balaban J connectivity index is 1.85. The maximum Gasteiger partial charge on any atom is 0.237 e. The average Bonchev–Trinajstić information content (AvgIpc) is 2.80. The standard InChI is InChI=1S/C9H12N6O/c1-3-10-4-2-7(1)16-9-6-11-5-8-12-13-14-15(8)9/h5-7,10H,1-4H2. The Hall–Kier alpha value is -1.76. The number of nitrogens with one attached hydrogen (secondary N) is 1. The van der Waals surface area contributed by atoms with Gasteiger partial charge in [0.25, 0.3) is 0 Å². The maximum atomic E-state index is 5.84. The van der Waals surface area contributed by atoms with Crippen molar-refractivity contribution < 1.29 is 4.74 Å². The van der Waals surface area contributed by atoms with Crippen LogP contribution < -0.4 is 10.1 Å². The molecular formula is C9H12N6O. The fraction of sp³-hybridized carbons (Fsp3) is 0.556. The van der Waals surface area contributed by atoms with Crippen LogP contribution in [0.4, 0.5) is 0 Å². The first-order valence-corrected chi connectivity index (χ1v) is 5.33. The van der Waals surface area contributed by atoms with E-state index in [1.807, 2.05) is 0 Å². The van der Waals surface area contributed by atoms with Crippen LogP contribution in [0.5, 0.6) is 5.88 Å². The van der Waals surface area contributed by atoms with Crippen LogP contribution in [0.25, 0.3) is 5.65 Å². The molecule has 0 bridgehead atoms. The second-order valence-electron chi connectivity index (χ2n) is 3.76. The molecule has 0 spiro atoms. The summed E-state index contributed by atoms with van der Waals surface area (Å²) in [7, 11) is 0. The first-order valence-electron chi connectivity index (χ1n) is 5.33. The van der Waals surface area contributed by atoms with Crippen molar-refractivity contribution in [1.29, 1.82) is 0 Å². The van der Waals surface area contributed by atoms with E-state index in [0.717, 1.165) is 25.9 Å². The predicted octanol–water partition coefficient (Wildman–Crippen LogP) is -0.350. The quantitative estimate of drug-likeness (QED) is 0.745. The van der Waals surface area contributed by atoms with E-state index < -0.39 is 0 Å². The molecule has 1 N–H and O–H groups in total. The third-order valence-corrected chi connectivity index (χ3v) is 2.65. The van der Waals surface area contributed by atoms with Gasteiger partial charge in [-0.2, -0.15) is 4.52 Å². The van der Waals surface area contributed by atoms with Crippen LogP contribution in [0, 0.1) is 0 Å². The second kappa shape index (κ2) is 4.01. The highest BCUT2D eigenvalue weighted by atomic mass is 16.5. The topological polar surface area (TPSA) is 77.2 Å². The molecule has 1 aliphatic rings. The van der Waals surface area contributed by atoms with Crippen LogP contribution in [-0.2, 0) is 0 Å². The summed E-state index contributed by atoms with van der Waals surface area (Å²) in [5.41, 5.74) is 0.603. The lowest BCUT2D eigenvalue weighted by molar-refractivity contribution is 0.151. The molecule has 2 aromatic rings. The van der Waals surface area contributed by atoms with Crippen molar-refractivity contribution in [3.05, 3.63) is 12.4 Å². The van der Waals surface area contributed by atoms with Crippen molar-refractivity contribution in [2.45, 2.75) is 18.9 Å². The first kappa shape index (κ1) is 9.46. The van der Waals surface area contributed by atoms with Gasteiger partial charge in [0.15, 0.2) is 0 Å². The minimum Gasteiger partial charge on any atom is -0.473 e. The lowest BCUT2D eigenvalue weighted by Crippen LogP contribution is -2.34. The van der Waals surface area contributed by atoms with Gasteiger partial charge in [-0.15, -0.1) is 5.10 Å². The molecule has 1 saturated heterocycles. The summed E-state index contributed by atoms with van der Waals surface area (Å²) < 4.78 is 7.41. The van der Waals surface area contributed by atoms with Crippen molar-refractivity contribution in [3.63, 3.8) is 0 Å². The van der Waals surface area contributed by atoms with E-state index in [1.165, 1.54) is 0 Å². The van der Waals surface area contributed by atoms with Gasteiger partial charge in [-0.3, -0.25) is 4.98 Å². The number of hydrogen-bond acceptors (Lipinski definition) is 6. The van der Waals surface area contributed by atoms with Crippen molar-refractivity contribution in [1.82, 2.24) is 30.3 Å². The SMILES string of the molecule is c1ncc2nnnn2c1OC1CCNCC1. The Labute approximate surface area is 91.8 Å². The lowest BCUT2D eigenvalue weighted by atomic mass is 10.1. The number of aromatic nitrogens is 5. The summed E-state index contributed by atoms with van der Waals surface area (Å²) in [6, 6.07) is 0. The van der Waals surface area contributed by atoms with Crippen LogP contribution in [0.2, 0.25) is 0 Å². The Morgan fingerprint density at radius 1 is 1.31 bits per heavy atom. The van der Waals surface area contributed by atoms with Gasteiger partial charge in [-0.1, -0.05) is 0 Å². The highest BCUT2D eigenvalue weighted by Crippen LogP contribution is 2.15. The van der Waals surface area contributed by atoms with Crippen molar-refractivity contribution in [2.75, 3.05) is 13.1 Å². The number of nitrogens with zero attached hydrogens (tertiary/aromatic N) is 5. The van der Waals surface area contributed by atoms with E-state index >= 15 is 0 Å². The summed E-state index contributed by atoms with van der Waals surface area (Å²) in [6.45, 7) is 1.98. The fourth-order valence-corrected chi connectivity index (χ4v) is 1.82. The molecule has 3 heterocycles. The van der Waals surface area contributed by atoms with Gasteiger partial charge in [-0.25, -0.2) is 0 Å². The molecule has 7 nitrogen and oxygen atoms in total. The van der Waals surface area contributed by atoms with Gasteiger partial charge in [0.2, 0.25) is 11.5 Å². The van der Waals surface area contributed by atoms with Gasteiger partial charge in [0, 0.05) is 0 Å². The monoisotopic (exact) mass is 220 g/mol. The highest BCUT2D eigenvalue weighted by Gasteiger charge is 2.16. The molecule has 7 heteroatoms. The van der Waals surface area contributed by atoms with Crippen molar-refractivity contribution in [3.8, 4) is 5.88 Å². The molecule has 2 aromatic heterocycles. The number of fused-ring (bicyclic) bond motifs is 1. The van der Waals surface area contributed by atoms with Crippen molar-refractivity contribution in [2.24, 2.45) is 0 Å². The Morgan fingerprint density at radius 2 is 2.19 bits per heavy atom. The van der Waals surface area contributed by atoms with Crippen LogP contribution in [-0.4, -0.2) is 44.2 Å². The van der Waals surface area contributed by atoms with Crippen LogP contribution in [0.1, 0.15) is 12.8 Å². The molecule has 16 heavy (non-hydrogen) atoms. The predicted molar refractivity (Wildman–Crippen MR) is 55.1 cm³/mol. The maximum absolute atomic E-state index is 5.84. The van der Waals surface area contributed by atoms with E-state index in [1.54, 1.807) is 16.9 Å². The normalized spacial score (nSPS) is 17.8. The minimum absolute atomic E-state index is 0.220. The number of rotatable bonds is 2. The van der Waals surface area contributed by atoms with Gasteiger partial charge >= 0.3 is 0 Å². The number of piperidine rings is 1. The van der Waals surface area contributed by atoms with Crippen LogP contribution in [0.15, 0.2) is 12.4 Å². The summed E-state index contributed by atoms with van der Waals surface area (Å²) in [6.07, 6.45) is 5.47. The zero-order valence-electron chi connectivity index (χ0n) is 8.70. The third-order valence-electron chi connectivity index (χ3n) is 2.65. The number of tetrazole rings is 1. The Bertz CT molecular complexity index is 478. The summed E-state index contributed by atoms with van der Waals surface area (Å²) >= 11 is 0. The van der Waals surface area contributed by atoms with E-state index in [0.29, 0.717) is 11.5 Å². The van der Waals surface area contributed by atoms with Gasteiger partial charge < -0.3 is 10.1 Å². The summed E-state index contributed by atoms with van der Waals surface area (Å²) in [5, 5.41) is 14.6. The molecular weight excluding hydrogens is 208 g/mol. The van der Waals surface area contributed by atoms with Crippen molar-refractivity contribution >= 4 is 5.65 Å². The molecule has 1 fully saturated rings. The van der Waals surface area contributed by atoms with E-state index in [4.69, 9.17) is 4.74 Å². The second-order valence-corrected chi connectivity index (χ2v) is 3.76. The lowest BCUT2D eigenvalue weighted by Gasteiger charge is -2.23. The van der Waals surface area contributed by atoms with Crippen LogP contribution in [0.3, 0.4) is 0 Å².